The molecule has 0 aliphatic heterocycles. The SMILES string of the molecule is CCCOc1ccc(-c2ccc3c(c2)CCC(CCC)C3)cc1. The summed E-state index contributed by atoms with van der Waals surface area (Å²) < 4.78 is 5.67. The maximum atomic E-state index is 5.67. The molecule has 1 atom stereocenters. The van der Waals surface area contributed by atoms with Crippen molar-refractivity contribution in [1.29, 1.82) is 0 Å². The van der Waals surface area contributed by atoms with Crippen molar-refractivity contribution in [3.8, 4) is 16.9 Å². The molecule has 0 radical (unpaired) electrons. The third-order valence-electron chi connectivity index (χ3n) is 4.89. The second kappa shape index (κ2) is 7.68. The largest absolute Gasteiger partial charge is 0.494 e. The van der Waals surface area contributed by atoms with Crippen LogP contribution >= 0.6 is 0 Å². The number of hydrogen-bond acceptors (Lipinski definition) is 1. The van der Waals surface area contributed by atoms with Gasteiger partial charge in [0, 0.05) is 0 Å². The fraction of sp³-hybridized carbons (Fsp3) is 0.455. The van der Waals surface area contributed by atoms with Crippen molar-refractivity contribution in [3.63, 3.8) is 0 Å². The summed E-state index contributed by atoms with van der Waals surface area (Å²) in [6.07, 6.45) is 7.60. The van der Waals surface area contributed by atoms with Gasteiger partial charge in [0.1, 0.15) is 5.75 Å². The third kappa shape index (κ3) is 3.96. The monoisotopic (exact) mass is 308 g/mol. The molecule has 0 fully saturated rings. The van der Waals surface area contributed by atoms with Crippen molar-refractivity contribution >= 4 is 0 Å². The van der Waals surface area contributed by atoms with Crippen molar-refractivity contribution in [2.45, 2.75) is 52.4 Å². The topological polar surface area (TPSA) is 9.23 Å². The van der Waals surface area contributed by atoms with E-state index in [1.54, 1.807) is 11.1 Å². The van der Waals surface area contributed by atoms with Crippen LogP contribution < -0.4 is 4.74 Å². The van der Waals surface area contributed by atoms with E-state index in [9.17, 15) is 0 Å². The summed E-state index contributed by atoms with van der Waals surface area (Å²) in [4.78, 5) is 0. The van der Waals surface area contributed by atoms with Gasteiger partial charge >= 0.3 is 0 Å². The summed E-state index contributed by atoms with van der Waals surface area (Å²) in [5, 5.41) is 0. The molecule has 1 nitrogen and oxygen atoms in total. The Kier molecular flexibility index (Phi) is 5.38. The van der Waals surface area contributed by atoms with Crippen LogP contribution in [0.25, 0.3) is 11.1 Å². The molecule has 0 saturated carbocycles. The van der Waals surface area contributed by atoms with Gasteiger partial charge in [0.25, 0.3) is 0 Å². The number of aryl methyl sites for hydroxylation is 1. The molecule has 23 heavy (non-hydrogen) atoms. The van der Waals surface area contributed by atoms with Gasteiger partial charge in [0.15, 0.2) is 0 Å². The molecule has 1 unspecified atom stereocenters. The van der Waals surface area contributed by atoms with E-state index in [-0.39, 0.29) is 0 Å². The van der Waals surface area contributed by atoms with Gasteiger partial charge in [0.05, 0.1) is 6.61 Å². The van der Waals surface area contributed by atoms with Gasteiger partial charge in [-0.15, -0.1) is 0 Å². The number of benzene rings is 2. The van der Waals surface area contributed by atoms with Gasteiger partial charge in [0.2, 0.25) is 0 Å². The van der Waals surface area contributed by atoms with Gasteiger partial charge in [-0.3, -0.25) is 0 Å². The maximum absolute atomic E-state index is 5.67. The molecule has 122 valence electrons. The van der Waals surface area contributed by atoms with E-state index in [4.69, 9.17) is 4.74 Å². The predicted octanol–water partition coefficient (Wildman–Crippen LogP) is 6.05. The fourth-order valence-corrected chi connectivity index (χ4v) is 3.63. The molecule has 1 aliphatic carbocycles. The molecular weight excluding hydrogens is 280 g/mol. The lowest BCUT2D eigenvalue weighted by Gasteiger charge is -2.24. The van der Waals surface area contributed by atoms with Crippen LogP contribution in [-0.4, -0.2) is 6.61 Å². The molecule has 1 heteroatoms. The van der Waals surface area contributed by atoms with Gasteiger partial charge < -0.3 is 4.74 Å². The van der Waals surface area contributed by atoms with Crippen LogP contribution in [-0.2, 0) is 12.8 Å². The maximum Gasteiger partial charge on any atom is 0.119 e. The van der Waals surface area contributed by atoms with E-state index in [1.165, 1.54) is 43.2 Å². The first-order chi connectivity index (χ1) is 11.3. The quantitative estimate of drug-likeness (QED) is 0.631. The molecule has 0 bridgehead atoms. The second-order valence-electron chi connectivity index (χ2n) is 6.75. The Balaban J connectivity index is 1.74. The highest BCUT2D eigenvalue weighted by atomic mass is 16.5. The molecule has 2 aromatic rings. The Bertz CT molecular complexity index is 627. The van der Waals surface area contributed by atoms with E-state index in [1.807, 2.05) is 0 Å². The van der Waals surface area contributed by atoms with Crippen LogP contribution in [0.15, 0.2) is 42.5 Å². The summed E-state index contributed by atoms with van der Waals surface area (Å²) in [6.45, 7) is 5.22. The smallest absolute Gasteiger partial charge is 0.119 e. The summed E-state index contributed by atoms with van der Waals surface area (Å²) in [7, 11) is 0. The minimum absolute atomic E-state index is 0.789. The summed E-state index contributed by atoms with van der Waals surface area (Å²) >= 11 is 0. The lowest BCUT2D eigenvalue weighted by molar-refractivity contribution is 0.317. The first-order valence-electron chi connectivity index (χ1n) is 9.15. The summed E-state index contributed by atoms with van der Waals surface area (Å²) in [6, 6.07) is 15.6. The van der Waals surface area contributed by atoms with Crippen LogP contribution in [0.1, 0.15) is 50.7 Å². The second-order valence-corrected chi connectivity index (χ2v) is 6.75. The van der Waals surface area contributed by atoms with E-state index >= 15 is 0 Å². The van der Waals surface area contributed by atoms with Crippen molar-refractivity contribution in [2.75, 3.05) is 6.61 Å². The van der Waals surface area contributed by atoms with Gasteiger partial charge in [-0.05, 0) is 66.0 Å². The summed E-state index contributed by atoms with van der Waals surface area (Å²) in [5.41, 5.74) is 5.74. The minimum Gasteiger partial charge on any atom is -0.494 e. The lowest BCUT2D eigenvalue weighted by Crippen LogP contribution is -2.14. The van der Waals surface area contributed by atoms with Gasteiger partial charge in [-0.25, -0.2) is 0 Å². The average molecular weight is 308 g/mol. The van der Waals surface area contributed by atoms with Crippen LogP contribution in [0.2, 0.25) is 0 Å². The Hall–Kier alpha value is -1.76. The standard InChI is InChI=1S/C22H28O/c1-3-5-17-6-7-21-16-20(9-8-19(21)15-17)18-10-12-22(13-11-18)23-14-4-2/h8-13,16-17H,3-7,14-15H2,1-2H3. The molecule has 0 aromatic heterocycles. The Morgan fingerprint density at radius 3 is 2.43 bits per heavy atom. The van der Waals surface area contributed by atoms with Crippen molar-refractivity contribution in [2.24, 2.45) is 5.92 Å². The number of ether oxygens (including phenoxy) is 1. The normalized spacial score (nSPS) is 16.9. The molecular formula is C22H28O. The first kappa shape index (κ1) is 16.1. The van der Waals surface area contributed by atoms with E-state index in [2.05, 4.69) is 56.3 Å². The van der Waals surface area contributed by atoms with Crippen molar-refractivity contribution in [3.05, 3.63) is 53.6 Å². The first-order valence-corrected chi connectivity index (χ1v) is 9.15. The number of fused-ring (bicyclic) bond motifs is 1. The molecule has 0 N–H and O–H groups in total. The highest BCUT2D eigenvalue weighted by Crippen LogP contribution is 2.32. The highest BCUT2D eigenvalue weighted by Gasteiger charge is 2.18. The minimum atomic E-state index is 0.789. The van der Waals surface area contributed by atoms with Gasteiger partial charge in [-0.1, -0.05) is 57.0 Å². The molecule has 2 aromatic carbocycles. The third-order valence-corrected chi connectivity index (χ3v) is 4.89. The molecule has 0 saturated heterocycles. The Morgan fingerprint density at radius 1 is 0.913 bits per heavy atom. The number of hydrogen-bond donors (Lipinski definition) is 0. The van der Waals surface area contributed by atoms with Crippen molar-refractivity contribution < 1.29 is 4.74 Å². The average Bonchev–Trinajstić information content (AvgIpc) is 2.60. The van der Waals surface area contributed by atoms with Gasteiger partial charge in [-0.2, -0.15) is 0 Å². The molecule has 0 spiro atoms. The fourth-order valence-electron chi connectivity index (χ4n) is 3.63. The lowest BCUT2D eigenvalue weighted by atomic mass is 9.81. The van der Waals surface area contributed by atoms with Crippen LogP contribution in [0.3, 0.4) is 0 Å². The van der Waals surface area contributed by atoms with E-state index in [0.717, 1.165) is 24.7 Å². The molecule has 3 rings (SSSR count). The van der Waals surface area contributed by atoms with Crippen LogP contribution in [0, 0.1) is 5.92 Å². The van der Waals surface area contributed by atoms with Crippen molar-refractivity contribution in [1.82, 2.24) is 0 Å². The zero-order valence-electron chi connectivity index (χ0n) is 14.5. The Morgan fingerprint density at radius 2 is 1.70 bits per heavy atom. The number of rotatable bonds is 6. The Labute approximate surface area is 140 Å². The zero-order valence-corrected chi connectivity index (χ0v) is 14.5. The zero-order chi connectivity index (χ0) is 16.1. The highest BCUT2D eigenvalue weighted by molar-refractivity contribution is 5.65. The predicted molar refractivity (Wildman–Crippen MR) is 98.1 cm³/mol. The summed E-state index contributed by atoms with van der Waals surface area (Å²) in [5.74, 6) is 1.87. The molecule has 0 heterocycles. The van der Waals surface area contributed by atoms with Crippen LogP contribution in [0.5, 0.6) is 5.75 Å². The van der Waals surface area contributed by atoms with E-state index in [0.29, 0.717) is 0 Å². The van der Waals surface area contributed by atoms with E-state index < -0.39 is 0 Å². The van der Waals surface area contributed by atoms with Crippen LogP contribution in [0.4, 0.5) is 0 Å². The molecule has 1 aliphatic rings. The molecule has 0 amide bonds.